The lowest BCUT2D eigenvalue weighted by molar-refractivity contribution is 0.108. The number of anilines is 1. The Labute approximate surface area is 250 Å². The molecule has 6 bridgehead atoms. The van der Waals surface area contributed by atoms with Crippen LogP contribution < -0.4 is 15.0 Å². The van der Waals surface area contributed by atoms with Gasteiger partial charge in [0.15, 0.2) is 5.82 Å². The van der Waals surface area contributed by atoms with E-state index in [9.17, 15) is 0 Å². The Hall–Kier alpha value is -3.37. The van der Waals surface area contributed by atoms with Gasteiger partial charge in [0.25, 0.3) is 0 Å². The summed E-state index contributed by atoms with van der Waals surface area (Å²) < 4.78 is 23.5. The molecule has 3 saturated heterocycles. The van der Waals surface area contributed by atoms with Crippen LogP contribution in [0, 0.1) is 18.7 Å². The summed E-state index contributed by atoms with van der Waals surface area (Å²) in [5.41, 5.74) is 4.81. The third-order valence-corrected chi connectivity index (χ3v) is 11.1. The van der Waals surface area contributed by atoms with Crippen molar-refractivity contribution in [3.63, 3.8) is 0 Å². The second kappa shape index (κ2) is 9.82. The maximum absolute atomic E-state index is 17.1. The van der Waals surface area contributed by atoms with Crippen LogP contribution in [-0.2, 0) is 0 Å². The minimum absolute atomic E-state index is 0.0555. The van der Waals surface area contributed by atoms with Crippen molar-refractivity contribution in [3.05, 3.63) is 35.4 Å². The molecule has 43 heavy (non-hydrogen) atoms. The Morgan fingerprint density at radius 2 is 1.95 bits per heavy atom. The second-order valence-electron chi connectivity index (χ2n) is 13.7. The average molecular weight is 583 g/mol. The number of pyridine rings is 1. The fraction of sp³-hybridized carbons (Fsp3) is 0.576. The van der Waals surface area contributed by atoms with Crippen molar-refractivity contribution >= 4 is 27.6 Å². The van der Waals surface area contributed by atoms with Gasteiger partial charge < -0.3 is 15.0 Å². The monoisotopic (exact) mass is 582 g/mol. The summed E-state index contributed by atoms with van der Waals surface area (Å²) in [6, 6.07) is 2.79. The Kier molecular flexibility index (Phi) is 5.95. The fourth-order valence-corrected chi connectivity index (χ4v) is 8.87. The van der Waals surface area contributed by atoms with Gasteiger partial charge in [-0.3, -0.25) is 15.0 Å². The highest BCUT2D eigenvalue weighted by Crippen LogP contribution is 2.54. The first-order valence-electron chi connectivity index (χ1n) is 16.3. The number of piperidine rings is 1. The first-order chi connectivity index (χ1) is 21.1. The van der Waals surface area contributed by atoms with Crippen molar-refractivity contribution in [1.82, 2.24) is 35.4 Å². The zero-order chi connectivity index (χ0) is 28.7. The van der Waals surface area contributed by atoms with Crippen molar-refractivity contribution in [2.24, 2.45) is 5.92 Å². The van der Waals surface area contributed by atoms with Gasteiger partial charge in [-0.05, 0) is 107 Å². The molecule has 4 fully saturated rings. The lowest BCUT2D eigenvalue weighted by Gasteiger charge is -2.35. The molecule has 10 heteroatoms. The number of fused-ring (bicyclic) bond motifs is 5. The Morgan fingerprint density at radius 1 is 1.07 bits per heavy atom. The van der Waals surface area contributed by atoms with E-state index >= 15 is 4.39 Å². The summed E-state index contributed by atoms with van der Waals surface area (Å²) in [6.07, 6.45) is 12.7. The summed E-state index contributed by atoms with van der Waals surface area (Å²) in [7, 11) is 0. The summed E-state index contributed by atoms with van der Waals surface area (Å²) in [5.74, 6) is 1.30. The molecule has 0 radical (unpaired) electrons. The first kappa shape index (κ1) is 26.1. The summed E-state index contributed by atoms with van der Waals surface area (Å²) in [4.78, 5) is 19.5. The van der Waals surface area contributed by atoms with Gasteiger partial charge in [0, 0.05) is 36.3 Å². The molecule has 5 aliphatic heterocycles. The molecule has 3 aromatic heterocycles. The number of halogens is 1. The number of rotatable bonds is 3. The number of hydrogen-bond donors (Lipinski definition) is 2. The van der Waals surface area contributed by atoms with E-state index in [2.05, 4.69) is 38.3 Å². The minimum Gasteiger partial charge on any atom is -0.461 e. The number of nitrogens with one attached hydrogen (secondary N) is 2. The maximum atomic E-state index is 17.1. The molecule has 3 unspecified atom stereocenters. The number of benzene rings is 1. The van der Waals surface area contributed by atoms with Gasteiger partial charge in [-0.15, -0.1) is 0 Å². The van der Waals surface area contributed by atoms with E-state index in [-0.39, 0.29) is 11.5 Å². The maximum Gasteiger partial charge on any atom is 0.319 e. The SMILES string of the molecule is Cc1cc2[nH]ncc2c2c1C1CC1CCNC1CCCN(C1)c1nc(OCC34CCCN3CCC4)nc3c(F)c-2ncc13. The van der Waals surface area contributed by atoms with Crippen LogP contribution in [0.4, 0.5) is 10.2 Å². The van der Waals surface area contributed by atoms with E-state index in [0.717, 1.165) is 99.1 Å². The summed E-state index contributed by atoms with van der Waals surface area (Å²) in [5, 5.41) is 12.9. The number of aromatic amines is 1. The van der Waals surface area contributed by atoms with E-state index in [1.54, 1.807) is 6.20 Å². The van der Waals surface area contributed by atoms with Crippen LogP contribution in [0.5, 0.6) is 6.01 Å². The highest BCUT2D eigenvalue weighted by atomic mass is 19.1. The lowest BCUT2D eigenvalue weighted by atomic mass is 9.91. The van der Waals surface area contributed by atoms with Gasteiger partial charge in [-0.1, -0.05) is 0 Å². The van der Waals surface area contributed by atoms with Crippen LogP contribution in [0.1, 0.15) is 68.4 Å². The molecule has 0 spiro atoms. The third kappa shape index (κ3) is 4.16. The molecule has 10 rings (SSSR count). The summed E-state index contributed by atoms with van der Waals surface area (Å²) in [6.45, 7) is 7.62. The second-order valence-corrected chi connectivity index (χ2v) is 13.7. The van der Waals surface area contributed by atoms with E-state index in [4.69, 9.17) is 19.7 Å². The third-order valence-electron chi connectivity index (χ3n) is 11.1. The zero-order valence-corrected chi connectivity index (χ0v) is 24.8. The average Bonchev–Trinajstić information content (AvgIpc) is 3.30. The standard InChI is InChI=1S/C33H39FN8O/c1-19-13-25-23(16-37-40-25)27-26(19)22-14-20(22)6-9-35-21-5-2-10-41(17-21)31-24-15-36-30(27)28(34)29(24)38-32(39-31)43-18-33-7-3-11-42(33)12-4-8-33/h13,15-16,20-22,35H,2-12,14,17-18H2,1H3,(H,37,40). The number of ether oxygens (including phenoxy) is 1. The molecule has 1 aliphatic carbocycles. The molecule has 6 aliphatic rings. The van der Waals surface area contributed by atoms with Crippen molar-refractivity contribution in [3.8, 4) is 17.3 Å². The minimum atomic E-state index is -0.402. The van der Waals surface area contributed by atoms with E-state index in [1.807, 2.05) is 6.20 Å². The van der Waals surface area contributed by atoms with Crippen LogP contribution in [0.25, 0.3) is 33.1 Å². The largest absolute Gasteiger partial charge is 0.461 e. The molecular formula is C33H39FN8O. The smallest absolute Gasteiger partial charge is 0.319 e. The highest BCUT2D eigenvalue weighted by Gasteiger charge is 2.45. The van der Waals surface area contributed by atoms with Gasteiger partial charge in [-0.2, -0.15) is 15.1 Å². The number of aryl methyl sites for hydroxylation is 1. The van der Waals surface area contributed by atoms with Gasteiger partial charge in [0.05, 0.1) is 22.6 Å². The zero-order valence-electron chi connectivity index (χ0n) is 24.8. The van der Waals surface area contributed by atoms with Crippen LogP contribution in [-0.4, -0.2) is 81.0 Å². The van der Waals surface area contributed by atoms with Crippen LogP contribution in [0.3, 0.4) is 0 Å². The molecule has 2 N–H and O–H groups in total. The van der Waals surface area contributed by atoms with Crippen molar-refractivity contribution in [2.45, 2.75) is 75.8 Å². The van der Waals surface area contributed by atoms with Crippen LogP contribution in [0.2, 0.25) is 0 Å². The quantitative estimate of drug-likeness (QED) is 0.345. The lowest BCUT2D eigenvalue weighted by Crippen LogP contribution is -2.46. The van der Waals surface area contributed by atoms with Gasteiger partial charge in [0.1, 0.15) is 23.6 Å². The molecule has 4 aromatic rings. The molecule has 1 saturated carbocycles. The number of nitrogens with zero attached hydrogens (tertiary/aromatic N) is 6. The van der Waals surface area contributed by atoms with Gasteiger partial charge in [-0.25, -0.2) is 4.39 Å². The molecule has 224 valence electrons. The van der Waals surface area contributed by atoms with Crippen molar-refractivity contribution in [2.75, 3.05) is 44.2 Å². The number of aromatic nitrogens is 5. The Balaban J connectivity index is 1.23. The fourth-order valence-electron chi connectivity index (χ4n) is 8.87. The van der Waals surface area contributed by atoms with Crippen LogP contribution >= 0.6 is 0 Å². The molecule has 9 nitrogen and oxygen atoms in total. The Bertz CT molecular complexity index is 1730. The van der Waals surface area contributed by atoms with E-state index < -0.39 is 5.82 Å². The van der Waals surface area contributed by atoms with Gasteiger partial charge in [0.2, 0.25) is 0 Å². The number of H-pyrrole nitrogens is 1. The predicted octanol–water partition coefficient (Wildman–Crippen LogP) is 5.09. The summed E-state index contributed by atoms with van der Waals surface area (Å²) >= 11 is 0. The Morgan fingerprint density at radius 3 is 2.84 bits per heavy atom. The highest BCUT2D eigenvalue weighted by molar-refractivity contribution is 6.00. The van der Waals surface area contributed by atoms with Crippen molar-refractivity contribution < 1.29 is 9.13 Å². The van der Waals surface area contributed by atoms with Crippen LogP contribution in [0.15, 0.2) is 18.5 Å². The topological polar surface area (TPSA) is 95.1 Å². The molecule has 8 heterocycles. The molecular weight excluding hydrogens is 543 g/mol. The molecule has 1 aromatic carbocycles. The normalized spacial score (nSPS) is 26.4. The van der Waals surface area contributed by atoms with Gasteiger partial charge >= 0.3 is 6.01 Å². The molecule has 0 amide bonds. The van der Waals surface area contributed by atoms with E-state index in [1.165, 1.54) is 18.4 Å². The number of hydrogen-bond acceptors (Lipinski definition) is 8. The van der Waals surface area contributed by atoms with E-state index in [0.29, 0.717) is 41.1 Å². The predicted molar refractivity (Wildman–Crippen MR) is 164 cm³/mol. The van der Waals surface area contributed by atoms with Crippen molar-refractivity contribution in [1.29, 1.82) is 0 Å². The first-order valence-corrected chi connectivity index (χ1v) is 16.3. The molecule has 3 atom stereocenters.